The smallest absolute Gasteiger partial charge is 0.320 e. The minimum atomic E-state index is -0.814. The summed E-state index contributed by atoms with van der Waals surface area (Å²) >= 11 is 0. The van der Waals surface area contributed by atoms with Gasteiger partial charge in [-0.1, -0.05) is 0 Å². The van der Waals surface area contributed by atoms with E-state index in [2.05, 4.69) is 10.1 Å². The minimum absolute atomic E-state index is 0.233. The zero-order valence-electron chi connectivity index (χ0n) is 8.16. The van der Waals surface area contributed by atoms with Crippen LogP contribution in [0.15, 0.2) is 0 Å². The van der Waals surface area contributed by atoms with Gasteiger partial charge in [0.05, 0.1) is 7.11 Å². The summed E-state index contributed by atoms with van der Waals surface area (Å²) in [6, 6.07) is -0.447. The lowest BCUT2D eigenvalue weighted by atomic mass is 10.00. The number of aliphatic carboxylic acids is 1. The second kappa shape index (κ2) is 4.95. The van der Waals surface area contributed by atoms with Gasteiger partial charge in [-0.3, -0.25) is 9.59 Å². The fraction of sp³-hybridized carbons (Fsp3) is 0.778. The second-order valence-corrected chi connectivity index (χ2v) is 3.52. The summed E-state index contributed by atoms with van der Waals surface area (Å²) in [6.07, 6.45) is 1.67. The van der Waals surface area contributed by atoms with Crippen LogP contribution in [0.25, 0.3) is 0 Å². The van der Waals surface area contributed by atoms with E-state index < -0.39 is 12.0 Å². The van der Waals surface area contributed by atoms with Gasteiger partial charge in [-0.05, 0) is 25.3 Å². The summed E-state index contributed by atoms with van der Waals surface area (Å²) in [5.41, 5.74) is 0. The van der Waals surface area contributed by atoms with E-state index in [1.54, 1.807) is 0 Å². The standard InChI is InChI=1S/C9H15NO4/c1-14-8(11)3-2-6-4-7(9(12)13)10-5-6/h6-7,10H,2-5H2,1H3,(H,12,13)/t6-,7-/m0/s1. The van der Waals surface area contributed by atoms with Crippen LogP contribution in [0.5, 0.6) is 0 Å². The van der Waals surface area contributed by atoms with Gasteiger partial charge in [-0.2, -0.15) is 0 Å². The highest BCUT2D eigenvalue weighted by molar-refractivity contribution is 5.74. The van der Waals surface area contributed by atoms with Crippen molar-refractivity contribution in [3.05, 3.63) is 0 Å². The molecule has 0 unspecified atom stereocenters. The van der Waals surface area contributed by atoms with Gasteiger partial charge < -0.3 is 15.2 Å². The average molecular weight is 201 g/mol. The van der Waals surface area contributed by atoms with Crippen molar-refractivity contribution in [2.45, 2.75) is 25.3 Å². The highest BCUT2D eigenvalue weighted by atomic mass is 16.5. The first-order valence-electron chi connectivity index (χ1n) is 4.66. The molecule has 0 radical (unpaired) electrons. The molecule has 2 atom stereocenters. The van der Waals surface area contributed by atoms with Crippen LogP contribution in [-0.2, 0) is 14.3 Å². The normalized spacial score (nSPS) is 26.1. The van der Waals surface area contributed by atoms with Crippen LogP contribution < -0.4 is 5.32 Å². The topological polar surface area (TPSA) is 75.6 Å². The van der Waals surface area contributed by atoms with E-state index >= 15 is 0 Å². The SMILES string of the molecule is COC(=O)CC[C@@H]1CN[C@H](C(=O)O)C1. The van der Waals surface area contributed by atoms with Crippen LogP contribution in [0.1, 0.15) is 19.3 Å². The first-order valence-corrected chi connectivity index (χ1v) is 4.66. The molecule has 0 aliphatic carbocycles. The molecule has 0 spiro atoms. The van der Waals surface area contributed by atoms with E-state index in [1.165, 1.54) is 7.11 Å². The molecular weight excluding hydrogens is 186 g/mol. The van der Waals surface area contributed by atoms with Crippen molar-refractivity contribution < 1.29 is 19.4 Å². The van der Waals surface area contributed by atoms with Crippen LogP contribution in [-0.4, -0.2) is 36.7 Å². The number of ether oxygens (including phenoxy) is 1. The van der Waals surface area contributed by atoms with E-state index in [1.807, 2.05) is 0 Å². The molecule has 80 valence electrons. The number of methoxy groups -OCH3 is 1. The van der Waals surface area contributed by atoms with Crippen molar-refractivity contribution >= 4 is 11.9 Å². The molecule has 2 N–H and O–H groups in total. The first-order chi connectivity index (χ1) is 6.63. The average Bonchev–Trinajstić information content (AvgIpc) is 2.62. The summed E-state index contributed by atoms with van der Waals surface area (Å²) < 4.78 is 4.51. The Balaban J connectivity index is 2.22. The fourth-order valence-corrected chi connectivity index (χ4v) is 1.64. The number of esters is 1. The summed E-state index contributed by atoms with van der Waals surface area (Å²) in [4.78, 5) is 21.4. The highest BCUT2D eigenvalue weighted by Gasteiger charge is 2.29. The zero-order valence-corrected chi connectivity index (χ0v) is 8.16. The monoisotopic (exact) mass is 201 g/mol. The molecule has 0 aromatic rings. The van der Waals surface area contributed by atoms with Gasteiger partial charge in [0.1, 0.15) is 6.04 Å². The van der Waals surface area contributed by atoms with Crippen molar-refractivity contribution in [3.8, 4) is 0 Å². The van der Waals surface area contributed by atoms with Gasteiger partial charge in [0.2, 0.25) is 0 Å². The van der Waals surface area contributed by atoms with Crippen molar-refractivity contribution in [3.63, 3.8) is 0 Å². The molecule has 1 aliphatic heterocycles. The molecule has 1 fully saturated rings. The lowest BCUT2D eigenvalue weighted by Crippen LogP contribution is -2.29. The Morgan fingerprint density at radius 2 is 2.29 bits per heavy atom. The molecule has 14 heavy (non-hydrogen) atoms. The zero-order chi connectivity index (χ0) is 10.6. The van der Waals surface area contributed by atoms with Gasteiger partial charge >= 0.3 is 11.9 Å². The van der Waals surface area contributed by atoms with Crippen molar-refractivity contribution in [1.29, 1.82) is 0 Å². The Kier molecular flexibility index (Phi) is 3.88. The molecule has 0 aromatic heterocycles. The van der Waals surface area contributed by atoms with Gasteiger partial charge in [0.15, 0.2) is 0 Å². The molecule has 1 heterocycles. The predicted molar refractivity (Wildman–Crippen MR) is 48.8 cm³/mol. The van der Waals surface area contributed by atoms with Gasteiger partial charge in [0, 0.05) is 6.42 Å². The summed E-state index contributed by atoms with van der Waals surface area (Å²) in [5.74, 6) is -0.774. The fourth-order valence-electron chi connectivity index (χ4n) is 1.64. The number of carboxylic acids is 1. The maximum Gasteiger partial charge on any atom is 0.320 e. The van der Waals surface area contributed by atoms with Gasteiger partial charge in [0.25, 0.3) is 0 Å². The van der Waals surface area contributed by atoms with Crippen LogP contribution in [0.4, 0.5) is 0 Å². The largest absolute Gasteiger partial charge is 0.480 e. The molecule has 0 aromatic carbocycles. The van der Waals surface area contributed by atoms with Gasteiger partial charge in [-0.25, -0.2) is 0 Å². The number of hydrogen-bond acceptors (Lipinski definition) is 4. The number of carbonyl (C=O) groups is 2. The Bertz CT molecular complexity index is 229. The second-order valence-electron chi connectivity index (χ2n) is 3.52. The Labute approximate surface area is 82.4 Å². The quantitative estimate of drug-likeness (QED) is 0.626. The summed E-state index contributed by atoms with van der Waals surface area (Å²) in [6.45, 7) is 0.675. The first kappa shape index (κ1) is 11.0. The van der Waals surface area contributed by atoms with E-state index in [9.17, 15) is 9.59 Å². The lowest BCUT2D eigenvalue weighted by Gasteiger charge is -2.06. The molecule has 0 saturated carbocycles. The van der Waals surface area contributed by atoms with Crippen LogP contribution in [0.2, 0.25) is 0 Å². The number of nitrogens with one attached hydrogen (secondary N) is 1. The van der Waals surface area contributed by atoms with E-state index in [4.69, 9.17) is 5.11 Å². The minimum Gasteiger partial charge on any atom is -0.480 e. The third-order valence-electron chi connectivity index (χ3n) is 2.50. The number of hydrogen-bond donors (Lipinski definition) is 2. The maximum absolute atomic E-state index is 10.8. The van der Waals surface area contributed by atoms with E-state index in [0.29, 0.717) is 25.8 Å². The van der Waals surface area contributed by atoms with Crippen molar-refractivity contribution in [2.75, 3.05) is 13.7 Å². The molecule has 1 rings (SSSR count). The van der Waals surface area contributed by atoms with Crippen LogP contribution in [0, 0.1) is 5.92 Å². The number of carbonyl (C=O) groups excluding carboxylic acids is 1. The molecule has 5 heteroatoms. The molecule has 5 nitrogen and oxygen atoms in total. The van der Waals surface area contributed by atoms with Crippen LogP contribution >= 0.6 is 0 Å². The number of rotatable bonds is 4. The third kappa shape index (κ3) is 2.99. The van der Waals surface area contributed by atoms with E-state index in [0.717, 1.165) is 0 Å². The van der Waals surface area contributed by atoms with Gasteiger partial charge in [-0.15, -0.1) is 0 Å². The van der Waals surface area contributed by atoms with Crippen molar-refractivity contribution in [1.82, 2.24) is 5.32 Å². The summed E-state index contributed by atoms with van der Waals surface area (Å²) in [5, 5.41) is 11.6. The molecule has 1 saturated heterocycles. The third-order valence-corrected chi connectivity index (χ3v) is 2.50. The Morgan fingerprint density at radius 1 is 1.57 bits per heavy atom. The summed E-state index contributed by atoms with van der Waals surface area (Å²) in [7, 11) is 1.36. The maximum atomic E-state index is 10.8. The molecule has 1 aliphatic rings. The van der Waals surface area contributed by atoms with Crippen LogP contribution in [0.3, 0.4) is 0 Å². The lowest BCUT2D eigenvalue weighted by molar-refractivity contribution is -0.141. The number of carboxylic acid groups (broad SMARTS) is 1. The molecular formula is C9H15NO4. The molecule has 0 amide bonds. The Morgan fingerprint density at radius 3 is 2.79 bits per heavy atom. The molecule has 0 bridgehead atoms. The van der Waals surface area contributed by atoms with E-state index in [-0.39, 0.29) is 11.9 Å². The van der Waals surface area contributed by atoms with Crippen molar-refractivity contribution in [2.24, 2.45) is 5.92 Å². The predicted octanol–water partition coefficient (Wildman–Crippen LogP) is 0.00230. The Hall–Kier alpha value is -1.10. The highest BCUT2D eigenvalue weighted by Crippen LogP contribution is 2.19.